The van der Waals surface area contributed by atoms with Crippen molar-refractivity contribution in [1.29, 1.82) is 0 Å². The number of hydrogen-bond donors (Lipinski definition) is 0. The van der Waals surface area contributed by atoms with Gasteiger partial charge >= 0.3 is 5.97 Å². The van der Waals surface area contributed by atoms with Gasteiger partial charge in [-0.15, -0.1) is 0 Å². The van der Waals surface area contributed by atoms with Crippen LogP contribution in [-0.4, -0.2) is 13.1 Å². The lowest BCUT2D eigenvalue weighted by Crippen LogP contribution is -1.99. The van der Waals surface area contributed by atoms with E-state index in [9.17, 15) is 9.18 Å². The Balaban J connectivity index is 1.77. The molecule has 3 aromatic rings. The molecule has 1 heterocycles. The molecule has 0 fully saturated rings. The lowest BCUT2D eigenvalue weighted by atomic mass is 10.1. The molecule has 0 N–H and O–H groups in total. The average Bonchev–Trinajstić information content (AvgIpc) is 2.95. The van der Waals surface area contributed by atoms with E-state index in [4.69, 9.17) is 9.15 Å². The minimum atomic E-state index is -0.383. The molecule has 4 heteroatoms. The topological polar surface area (TPSA) is 39.4 Å². The van der Waals surface area contributed by atoms with E-state index >= 15 is 0 Å². The molecule has 0 amide bonds. The number of halogens is 1. The van der Waals surface area contributed by atoms with E-state index in [0.29, 0.717) is 17.6 Å². The monoisotopic (exact) mass is 298 g/mol. The molecule has 0 unspecified atom stereocenters. The summed E-state index contributed by atoms with van der Waals surface area (Å²) in [6.45, 7) is 0. The second-order valence-corrected chi connectivity index (χ2v) is 5.08. The van der Waals surface area contributed by atoms with E-state index in [1.165, 1.54) is 19.2 Å². The lowest BCUT2D eigenvalue weighted by Gasteiger charge is -1.99. The second-order valence-electron chi connectivity index (χ2n) is 5.08. The molecule has 3 rings (SSSR count). The summed E-state index contributed by atoms with van der Waals surface area (Å²) in [6, 6.07) is 13.6. The molecule has 22 heavy (non-hydrogen) atoms. The number of carbonyl (C=O) groups is 1. The number of rotatable bonds is 4. The van der Waals surface area contributed by atoms with Gasteiger partial charge in [0.2, 0.25) is 0 Å². The van der Waals surface area contributed by atoms with Crippen LogP contribution in [0.4, 0.5) is 4.39 Å². The van der Waals surface area contributed by atoms with Crippen LogP contribution >= 0.6 is 0 Å². The van der Waals surface area contributed by atoms with E-state index in [0.717, 1.165) is 23.1 Å². The Hall–Kier alpha value is -2.62. The van der Waals surface area contributed by atoms with Crippen molar-refractivity contribution in [2.24, 2.45) is 0 Å². The number of esters is 1. The van der Waals surface area contributed by atoms with Gasteiger partial charge in [0.1, 0.15) is 17.2 Å². The van der Waals surface area contributed by atoms with Gasteiger partial charge in [-0.1, -0.05) is 18.2 Å². The second kappa shape index (κ2) is 6.02. The normalized spacial score (nSPS) is 10.8. The zero-order valence-electron chi connectivity index (χ0n) is 12.1. The molecule has 0 saturated heterocycles. The molecular formula is C18H15FO3. The van der Waals surface area contributed by atoms with Crippen molar-refractivity contribution in [1.82, 2.24) is 0 Å². The smallest absolute Gasteiger partial charge is 0.337 e. The van der Waals surface area contributed by atoms with Crippen molar-refractivity contribution < 1.29 is 18.3 Å². The third-order valence-electron chi connectivity index (χ3n) is 3.57. The molecule has 2 aromatic carbocycles. The minimum Gasteiger partial charge on any atom is -0.465 e. The summed E-state index contributed by atoms with van der Waals surface area (Å²) in [4.78, 5) is 11.5. The Bertz CT molecular complexity index is 803. The SMILES string of the molecule is COC(=O)c1ccc2cc(CCc3ccc(F)cc3)oc2c1. The van der Waals surface area contributed by atoms with Crippen LogP contribution in [0.25, 0.3) is 11.0 Å². The van der Waals surface area contributed by atoms with Crippen LogP contribution in [0, 0.1) is 5.82 Å². The maximum atomic E-state index is 12.9. The molecule has 1 aromatic heterocycles. The Kier molecular flexibility index (Phi) is 3.92. The number of furan rings is 1. The molecule has 0 saturated carbocycles. The Morgan fingerprint density at radius 1 is 1.09 bits per heavy atom. The number of aryl methyl sites for hydroxylation is 2. The van der Waals surface area contributed by atoms with Gasteiger partial charge in [0.05, 0.1) is 12.7 Å². The van der Waals surface area contributed by atoms with E-state index in [1.54, 1.807) is 24.3 Å². The van der Waals surface area contributed by atoms with Crippen molar-refractivity contribution in [2.45, 2.75) is 12.8 Å². The van der Waals surface area contributed by atoms with Crippen molar-refractivity contribution in [2.75, 3.05) is 7.11 Å². The fourth-order valence-electron chi connectivity index (χ4n) is 2.37. The van der Waals surface area contributed by atoms with Crippen LogP contribution in [0.2, 0.25) is 0 Å². The van der Waals surface area contributed by atoms with Crippen LogP contribution in [0.15, 0.2) is 52.9 Å². The summed E-state index contributed by atoms with van der Waals surface area (Å²) in [5.74, 6) is 0.218. The predicted octanol–water partition coefficient (Wildman–Crippen LogP) is 4.14. The molecule has 0 atom stereocenters. The van der Waals surface area contributed by atoms with Gasteiger partial charge < -0.3 is 9.15 Å². The fourth-order valence-corrected chi connectivity index (χ4v) is 2.37. The van der Waals surface area contributed by atoms with Crippen LogP contribution in [0.1, 0.15) is 21.7 Å². The number of methoxy groups -OCH3 is 1. The van der Waals surface area contributed by atoms with Gasteiger partial charge in [0.15, 0.2) is 0 Å². The molecule has 0 bridgehead atoms. The van der Waals surface area contributed by atoms with E-state index in [1.807, 2.05) is 12.1 Å². The highest BCUT2D eigenvalue weighted by Crippen LogP contribution is 2.22. The number of benzene rings is 2. The van der Waals surface area contributed by atoms with Crippen LogP contribution in [0.5, 0.6) is 0 Å². The zero-order chi connectivity index (χ0) is 15.5. The molecule has 0 aliphatic rings. The first-order valence-corrected chi connectivity index (χ1v) is 7.01. The van der Waals surface area contributed by atoms with Crippen molar-refractivity contribution in [3.05, 3.63) is 71.2 Å². The van der Waals surface area contributed by atoms with Gasteiger partial charge in [-0.2, -0.15) is 0 Å². The van der Waals surface area contributed by atoms with Crippen molar-refractivity contribution in [3.8, 4) is 0 Å². The lowest BCUT2D eigenvalue weighted by molar-refractivity contribution is 0.0601. The molecule has 0 aliphatic heterocycles. The highest BCUT2D eigenvalue weighted by molar-refractivity contribution is 5.93. The summed E-state index contributed by atoms with van der Waals surface area (Å²) in [5.41, 5.74) is 2.18. The van der Waals surface area contributed by atoms with E-state index in [2.05, 4.69) is 0 Å². The maximum Gasteiger partial charge on any atom is 0.337 e. The first-order valence-electron chi connectivity index (χ1n) is 7.01. The third-order valence-corrected chi connectivity index (χ3v) is 3.57. The predicted molar refractivity (Wildman–Crippen MR) is 81.4 cm³/mol. The molecule has 0 spiro atoms. The molecular weight excluding hydrogens is 283 g/mol. The van der Waals surface area contributed by atoms with Crippen LogP contribution in [0.3, 0.4) is 0 Å². The summed E-state index contributed by atoms with van der Waals surface area (Å²) >= 11 is 0. The van der Waals surface area contributed by atoms with Gasteiger partial charge in [0.25, 0.3) is 0 Å². The van der Waals surface area contributed by atoms with Crippen molar-refractivity contribution >= 4 is 16.9 Å². The largest absolute Gasteiger partial charge is 0.465 e. The summed E-state index contributed by atoms with van der Waals surface area (Å²) in [6.07, 6.45) is 1.48. The van der Waals surface area contributed by atoms with Gasteiger partial charge in [-0.05, 0) is 42.3 Å². The summed E-state index contributed by atoms with van der Waals surface area (Å²) in [5, 5.41) is 0.946. The van der Waals surface area contributed by atoms with Crippen molar-refractivity contribution in [3.63, 3.8) is 0 Å². The van der Waals surface area contributed by atoms with Gasteiger partial charge in [-0.25, -0.2) is 9.18 Å². The first-order chi connectivity index (χ1) is 10.7. The quantitative estimate of drug-likeness (QED) is 0.679. The number of hydrogen-bond acceptors (Lipinski definition) is 3. The molecule has 112 valence electrons. The Morgan fingerprint density at radius 2 is 1.86 bits per heavy atom. The summed E-state index contributed by atoms with van der Waals surface area (Å²) in [7, 11) is 1.35. The number of ether oxygens (including phenoxy) is 1. The van der Waals surface area contributed by atoms with Gasteiger partial charge in [-0.3, -0.25) is 0 Å². The Labute approximate surface area is 127 Å². The highest BCUT2D eigenvalue weighted by Gasteiger charge is 2.09. The molecule has 0 radical (unpaired) electrons. The third kappa shape index (κ3) is 3.01. The molecule has 3 nitrogen and oxygen atoms in total. The van der Waals surface area contributed by atoms with E-state index < -0.39 is 0 Å². The fraction of sp³-hybridized carbons (Fsp3) is 0.167. The molecule has 0 aliphatic carbocycles. The Morgan fingerprint density at radius 3 is 2.59 bits per heavy atom. The van der Waals surface area contributed by atoms with Crippen LogP contribution < -0.4 is 0 Å². The summed E-state index contributed by atoms with van der Waals surface area (Å²) < 4.78 is 23.3. The minimum absolute atomic E-state index is 0.233. The van der Waals surface area contributed by atoms with Crippen LogP contribution in [-0.2, 0) is 17.6 Å². The zero-order valence-corrected chi connectivity index (χ0v) is 12.1. The first kappa shape index (κ1) is 14.3. The van der Waals surface area contributed by atoms with Gasteiger partial charge in [0, 0.05) is 11.8 Å². The van der Waals surface area contributed by atoms with E-state index in [-0.39, 0.29) is 11.8 Å². The standard InChI is InChI=1S/C18H15FO3/c1-21-18(20)14-6-5-13-10-16(22-17(13)11-14)9-4-12-2-7-15(19)8-3-12/h2-3,5-8,10-11H,4,9H2,1H3. The maximum absolute atomic E-state index is 12.9. The number of carbonyl (C=O) groups excluding carboxylic acids is 1. The highest BCUT2D eigenvalue weighted by atomic mass is 19.1. The number of fused-ring (bicyclic) bond motifs is 1. The average molecular weight is 298 g/mol.